The van der Waals surface area contributed by atoms with Crippen LogP contribution in [-0.2, 0) is 4.74 Å². The van der Waals surface area contributed by atoms with Crippen molar-refractivity contribution >= 4 is 27.7 Å². The summed E-state index contributed by atoms with van der Waals surface area (Å²) < 4.78 is 18.5. The second-order valence-electron chi connectivity index (χ2n) is 7.05. The van der Waals surface area contributed by atoms with Crippen LogP contribution < -0.4 is 14.8 Å². The number of aliphatic hydroxyl groups is 2. The minimum atomic E-state index is -0.900. The van der Waals surface area contributed by atoms with Gasteiger partial charge in [0.1, 0.15) is 24.2 Å². The molecule has 0 fully saturated rings. The normalized spacial score (nSPS) is 12.5. The molecule has 0 heterocycles. The highest BCUT2D eigenvalue weighted by Crippen LogP contribution is 2.34. The number of ether oxygens (including phenoxy) is 3. The molecule has 8 heteroatoms. The van der Waals surface area contributed by atoms with Gasteiger partial charge in [0.25, 0.3) is 0 Å². The zero-order valence-electron chi connectivity index (χ0n) is 17.9. The number of para-hydroxylation sites is 2. The maximum atomic E-state index is 12.8. The Labute approximate surface area is 201 Å². The maximum absolute atomic E-state index is 12.8. The number of nitrogens with one attached hydrogen (secondary N) is 1. The third-order valence-electron chi connectivity index (χ3n) is 4.68. The van der Waals surface area contributed by atoms with E-state index in [9.17, 15) is 15.0 Å². The molecule has 0 aliphatic carbocycles. The van der Waals surface area contributed by atoms with Gasteiger partial charge < -0.3 is 24.4 Å². The summed E-state index contributed by atoms with van der Waals surface area (Å²) in [5, 5.41) is 21.6. The third-order valence-corrected chi connectivity index (χ3v) is 5.21. The van der Waals surface area contributed by atoms with Gasteiger partial charge in [-0.2, -0.15) is 0 Å². The number of carbonyl (C=O) groups is 1. The van der Waals surface area contributed by atoms with E-state index in [4.69, 9.17) is 14.2 Å². The molecule has 7 nitrogen and oxygen atoms in total. The summed E-state index contributed by atoms with van der Waals surface area (Å²) in [5.41, 5.74) is 1.13. The van der Waals surface area contributed by atoms with E-state index in [1.54, 1.807) is 60.7 Å². The summed E-state index contributed by atoms with van der Waals surface area (Å²) in [6, 6.07) is 23.3. The zero-order chi connectivity index (χ0) is 23.5. The van der Waals surface area contributed by atoms with Crippen LogP contribution in [0.2, 0.25) is 0 Å². The van der Waals surface area contributed by atoms with E-state index in [1.807, 2.05) is 18.2 Å². The Morgan fingerprint density at radius 3 is 2.30 bits per heavy atom. The van der Waals surface area contributed by atoms with Crippen molar-refractivity contribution in [3.63, 3.8) is 0 Å². The fourth-order valence-electron chi connectivity index (χ4n) is 3.21. The van der Waals surface area contributed by atoms with E-state index in [2.05, 4.69) is 21.2 Å². The predicted molar refractivity (Wildman–Crippen MR) is 129 cm³/mol. The van der Waals surface area contributed by atoms with Crippen LogP contribution in [0.15, 0.2) is 83.3 Å². The quantitative estimate of drug-likeness (QED) is 0.334. The molecule has 0 radical (unpaired) electrons. The van der Waals surface area contributed by atoms with Gasteiger partial charge in [-0.1, -0.05) is 52.3 Å². The van der Waals surface area contributed by atoms with E-state index in [0.29, 0.717) is 22.7 Å². The molecule has 0 spiro atoms. The van der Waals surface area contributed by atoms with Gasteiger partial charge in [0.15, 0.2) is 6.10 Å². The molecule has 0 aromatic heterocycles. The number of halogens is 1. The molecule has 33 heavy (non-hydrogen) atoms. The molecule has 0 aliphatic heterocycles. The van der Waals surface area contributed by atoms with Crippen LogP contribution >= 0.6 is 15.9 Å². The highest BCUT2D eigenvalue weighted by molar-refractivity contribution is 9.10. The van der Waals surface area contributed by atoms with E-state index in [-0.39, 0.29) is 26.2 Å². The lowest BCUT2D eigenvalue weighted by Crippen LogP contribution is -2.32. The number of amides is 1. The number of aliphatic hydroxyl groups excluding tert-OH is 2. The van der Waals surface area contributed by atoms with Gasteiger partial charge >= 0.3 is 6.09 Å². The molecule has 3 rings (SSSR count). The van der Waals surface area contributed by atoms with Crippen molar-refractivity contribution < 1.29 is 29.2 Å². The van der Waals surface area contributed by atoms with E-state index in [1.165, 1.54) is 0 Å². The summed E-state index contributed by atoms with van der Waals surface area (Å²) in [6.45, 7) is -0.255. The Kier molecular flexibility index (Phi) is 9.56. The van der Waals surface area contributed by atoms with Gasteiger partial charge in [-0.05, 0) is 42.5 Å². The molecular formula is C25H26BrNO6. The van der Waals surface area contributed by atoms with Gasteiger partial charge in [-0.25, -0.2) is 4.79 Å². The minimum Gasteiger partial charge on any atom is -0.491 e. The smallest absolute Gasteiger partial charge is 0.412 e. The van der Waals surface area contributed by atoms with Crippen molar-refractivity contribution in [3.05, 3.63) is 88.9 Å². The first-order valence-electron chi connectivity index (χ1n) is 10.5. The van der Waals surface area contributed by atoms with Gasteiger partial charge in [0.05, 0.1) is 6.61 Å². The van der Waals surface area contributed by atoms with Crippen LogP contribution in [-0.4, -0.2) is 42.2 Å². The van der Waals surface area contributed by atoms with Gasteiger partial charge in [-0.3, -0.25) is 5.32 Å². The summed E-state index contributed by atoms with van der Waals surface area (Å²) in [6.07, 6.45) is -2.08. The molecule has 3 N–H and O–H groups in total. The number of rotatable bonds is 11. The van der Waals surface area contributed by atoms with Crippen LogP contribution in [0.3, 0.4) is 0 Å². The predicted octanol–water partition coefficient (Wildman–Crippen LogP) is 4.94. The van der Waals surface area contributed by atoms with Crippen LogP contribution in [0.5, 0.6) is 11.5 Å². The maximum Gasteiger partial charge on any atom is 0.412 e. The first-order valence-corrected chi connectivity index (χ1v) is 11.3. The lowest BCUT2D eigenvalue weighted by atomic mass is 10.0. The Bertz CT molecular complexity index is 999. The molecule has 1 amide bonds. The summed E-state index contributed by atoms with van der Waals surface area (Å²) >= 11 is 3.36. The van der Waals surface area contributed by atoms with Crippen molar-refractivity contribution in [3.8, 4) is 11.5 Å². The number of hydrogen-bond acceptors (Lipinski definition) is 6. The van der Waals surface area contributed by atoms with Crippen LogP contribution in [0.4, 0.5) is 10.5 Å². The Balaban J connectivity index is 1.90. The average molecular weight is 516 g/mol. The van der Waals surface area contributed by atoms with E-state index >= 15 is 0 Å². The summed E-state index contributed by atoms with van der Waals surface area (Å²) in [5.74, 6) is 1.03. The molecule has 3 aromatic rings. The SMILES string of the molecule is O=C(Nc1ccc(Br)cc1)O[C@H](c1ccccc1OCCO)[C@@H](CCO)Oc1ccccc1. The monoisotopic (exact) mass is 515 g/mol. The van der Waals surface area contributed by atoms with Crippen molar-refractivity contribution in [1.82, 2.24) is 0 Å². The topological polar surface area (TPSA) is 97.3 Å². The lowest BCUT2D eigenvalue weighted by Gasteiger charge is -2.29. The lowest BCUT2D eigenvalue weighted by molar-refractivity contribution is 0.00751. The van der Waals surface area contributed by atoms with Crippen LogP contribution in [0.1, 0.15) is 18.1 Å². The highest BCUT2D eigenvalue weighted by Gasteiger charge is 2.31. The molecule has 0 unspecified atom stereocenters. The molecule has 174 valence electrons. The fraction of sp³-hybridized carbons (Fsp3) is 0.240. The van der Waals surface area contributed by atoms with E-state index < -0.39 is 18.3 Å². The first-order chi connectivity index (χ1) is 16.1. The van der Waals surface area contributed by atoms with Crippen molar-refractivity contribution in [2.75, 3.05) is 25.1 Å². The Morgan fingerprint density at radius 1 is 0.909 bits per heavy atom. The molecule has 2 atom stereocenters. The second-order valence-corrected chi connectivity index (χ2v) is 7.97. The number of carbonyl (C=O) groups excluding carboxylic acids is 1. The summed E-state index contributed by atoms with van der Waals surface area (Å²) in [4.78, 5) is 12.8. The van der Waals surface area contributed by atoms with Gasteiger partial charge in [0.2, 0.25) is 0 Å². The van der Waals surface area contributed by atoms with Crippen LogP contribution in [0, 0.1) is 0 Å². The standard InChI is InChI=1S/C25H26BrNO6/c26-18-10-12-19(13-11-18)27-25(30)33-24(21-8-4-5-9-22(21)31-17-16-29)23(14-15-28)32-20-6-2-1-3-7-20/h1-13,23-24,28-29H,14-17H2,(H,27,30)/t23-,24-/m1/s1. The molecule has 3 aromatic carbocycles. The fourth-order valence-corrected chi connectivity index (χ4v) is 3.48. The van der Waals surface area contributed by atoms with Crippen molar-refractivity contribution in [2.24, 2.45) is 0 Å². The van der Waals surface area contributed by atoms with Crippen molar-refractivity contribution in [2.45, 2.75) is 18.6 Å². The van der Waals surface area contributed by atoms with E-state index in [0.717, 1.165) is 4.47 Å². The minimum absolute atomic E-state index is 0.0824. The molecule has 0 saturated carbocycles. The second kappa shape index (κ2) is 12.8. The number of benzene rings is 3. The number of hydrogen-bond donors (Lipinski definition) is 3. The third kappa shape index (κ3) is 7.49. The number of anilines is 1. The highest BCUT2D eigenvalue weighted by atomic mass is 79.9. The zero-order valence-corrected chi connectivity index (χ0v) is 19.5. The van der Waals surface area contributed by atoms with Gasteiger partial charge in [-0.15, -0.1) is 0 Å². The molecule has 0 bridgehead atoms. The molecule has 0 saturated heterocycles. The van der Waals surface area contributed by atoms with Crippen molar-refractivity contribution in [1.29, 1.82) is 0 Å². The summed E-state index contributed by atoms with van der Waals surface area (Å²) in [7, 11) is 0. The molecule has 0 aliphatic rings. The Morgan fingerprint density at radius 2 is 1.61 bits per heavy atom. The largest absolute Gasteiger partial charge is 0.491 e. The molecular weight excluding hydrogens is 490 g/mol. The first kappa shape index (κ1) is 24.6. The van der Waals surface area contributed by atoms with Gasteiger partial charge in [0, 0.05) is 28.8 Å². The van der Waals surface area contributed by atoms with Crippen LogP contribution in [0.25, 0.3) is 0 Å². The average Bonchev–Trinajstić information content (AvgIpc) is 2.83. The Hall–Kier alpha value is -3.07.